The van der Waals surface area contributed by atoms with E-state index >= 15 is 0 Å². The van der Waals surface area contributed by atoms with Crippen LogP contribution in [-0.4, -0.2) is 17.5 Å². The number of pyridine rings is 1. The summed E-state index contributed by atoms with van der Waals surface area (Å²) in [5, 5.41) is 11.8. The van der Waals surface area contributed by atoms with Crippen molar-refractivity contribution in [3.63, 3.8) is 0 Å². The lowest BCUT2D eigenvalue weighted by molar-refractivity contribution is -0.116. The third-order valence-corrected chi connectivity index (χ3v) is 3.25. The van der Waals surface area contributed by atoms with Crippen molar-refractivity contribution in [1.82, 2.24) is 4.98 Å². The van der Waals surface area contributed by atoms with Crippen LogP contribution in [0.15, 0.2) is 42.6 Å². The van der Waals surface area contributed by atoms with Crippen molar-refractivity contribution in [2.24, 2.45) is 0 Å². The molecule has 0 unspecified atom stereocenters. The van der Waals surface area contributed by atoms with Crippen molar-refractivity contribution < 1.29 is 9.53 Å². The largest absolute Gasteiger partial charge is 0.492 e. The molecule has 0 aliphatic carbocycles. The average Bonchev–Trinajstić information content (AvgIpc) is 2.57. The lowest BCUT2D eigenvalue weighted by Crippen LogP contribution is -2.13. The van der Waals surface area contributed by atoms with Gasteiger partial charge in [0.1, 0.15) is 5.75 Å². The number of hydrogen-bond donors (Lipinski definition) is 1. The molecular weight excluding hydrogens is 290 g/mol. The zero-order chi connectivity index (χ0) is 16.5. The van der Waals surface area contributed by atoms with Crippen LogP contribution in [0.1, 0.15) is 31.0 Å². The number of aromatic nitrogens is 1. The molecule has 1 N–H and O–H groups in total. The summed E-state index contributed by atoms with van der Waals surface area (Å²) < 4.78 is 5.48. The number of nitriles is 1. The second kappa shape index (κ2) is 8.54. The summed E-state index contributed by atoms with van der Waals surface area (Å²) in [4.78, 5) is 16.3. The summed E-state index contributed by atoms with van der Waals surface area (Å²) in [6, 6.07) is 12.8. The minimum Gasteiger partial charge on any atom is -0.492 e. The van der Waals surface area contributed by atoms with E-state index in [0.717, 1.165) is 12.1 Å². The van der Waals surface area contributed by atoms with Gasteiger partial charge in [0.05, 0.1) is 23.9 Å². The molecule has 23 heavy (non-hydrogen) atoms. The Balaban J connectivity index is 1.92. The fraction of sp³-hybridized carbons (Fsp3) is 0.278. The monoisotopic (exact) mass is 309 g/mol. The van der Waals surface area contributed by atoms with Crippen LogP contribution in [0.2, 0.25) is 0 Å². The van der Waals surface area contributed by atoms with Crippen LogP contribution in [0, 0.1) is 11.3 Å². The molecule has 0 saturated carbocycles. The first-order valence-corrected chi connectivity index (χ1v) is 7.59. The molecule has 0 fully saturated rings. The molecule has 2 rings (SSSR count). The Morgan fingerprint density at radius 1 is 1.35 bits per heavy atom. The lowest BCUT2D eigenvalue weighted by Gasteiger charge is -2.11. The Labute approximate surface area is 135 Å². The summed E-state index contributed by atoms with van der Waals surface area (Å²) >= 11 is 0. The van der Waals surface area contributed by atoms with Gasteiger partial charge in [0.15, 0.2) is 0 Å². The van der Waals surface area contributed by atoms with E-state index in [-0.39, 0.29) is 5.91 Å². The van der Waals surface area contributed by atoms with Crippen molar-refractivity contribution in [3.8, 4) is 11.8 Å². The van der Waals surface area contributed by atoms with Crippen LogP contribution < -0.4 is 10.1 Å². The Kier molecular flexibility index (Phi) is 6.13. The molecule has 1 amide bonds. The van der Waals surface area contributed by atoms with Crippen LogP contribution in [-0.2, 0) is 11.2 Å². The molecule has 0 spiro atoms. The van der Waals surface area contributed by atoms with Crippen LogP contribution in [0.25, 0.3) is 0 Å². The highest BCUT2D eigenvalue weighted by atomic mass is 16.5. The Bertz CT molecular complexity index is 693. The maximum absolute atomic E-state index is 12.1. The van der Waals surface area contributed by atoms with Gasteiger partial charge in [-0.1, -0.05) is 6.07 Å². The molecule has 0 aliphatic rings. The third-order valence-electron chi connectivity index (χ3n) is 3.25. The van der Waals surface area contributed by atoms with Gasteiger partial charge < -0.3 is 10.1 Å². The number of anilines is 1. The number of carbonyl (C=O) groups is 1. The van der Waals surface area contributed by atoms with E-state index in [1.54, 1.807) is 24.4 Å². The number of nitrogens with zero attached hydrogens (tertiary/aromatic N) is 2. The molecule has 0 saturated heterocycles. The standard InChI is InChI=1S/C18H19N3O2/c1-2-23-17-10-9-14(13-19)12-16(17)21-18(22)8-5-7-15-6-3-4-11-20-15/h3-4,6,9-12H,2,5,7-8H2,1H3,(H,21,22). The van der Waals surface area contributed by atoms with Crippen molar-refractivity contribution in [1.29, 1.82) is 5.26 Å². The Morgan fingerprint density at radius 2 is 2.22 bits per heavy atom. The van der Waals surface area contributed by atoms with E-state index < -0.39 is 0 Å². The van der Waals surface area contributed by atoms with E-state index in [0.29, 0.717) is 36.4 Å². The number of ether oxygens (including phenoxy) is 1. The molecule has 5 nitrogen and oxygen atoms in total. The maximum Gasteiger partial charge on any atom is 0.224 e. The predicted octanol–water partition coefficient (Wildman–Crippen LogP) is 3.31. The highest BCUT2D eigenvalue weighted by molar-refractivity contribution is 5.92. The van der Waals surface area contributed by atoms with Gasteiger partial charge in [0.25, 0.3) is 0 Å². The molecule has 2 aromatic rings. The zero-order valence-electron chi connectivity index (χ0n) is 13.1. The summed E-state index contributed by atoms with van der Waals surface area (Å²) in [6.07, 6.45) is 3.60. The van der Waals surface area contributed by atoms with Gasteiger partial charge in [-0.2, -0.15) is 5.26 Å². The Morgan fingerprint density at radius 3 is 2.91 bits per heavy atom. The molecule has 0 bridgehead atoms. The third kappa shape index (κ3) is 5.11. The van der Waals surface area contributed by atoms with Crippen LogP contribution in [0.3, 0.4) is 0 Å². The number of aryl methyl sites for hydroxylation is 1. The van der Waals surface area contributed by atoms with Gasteiger partial charge in [-0.15, -0.1) is 0 Å². The number of rotatable bonds is 7. The minimum atomic E-state index is -0.100. The number of nitrogens with one attached hydrogen (secondary N) is 1. The number of amides is 1. The maximum atomic E-state index is 12.1. The summed E-state index contributed by atoms with van der Waals surface area (Å²) in [5.74, 6) is 0.474. The van der Waals surface area contributed by atoms with Gasteiger partial charge >= 0.3 is 0 Å². The van der Waals surface area contributed by atoms with Gasteiger partial charge in [0, 0.05) is 18.3 Å². The van der Waals surface area contributed by atoms with E-state index in [2.05, 4.69) is 16.4 Å². The average molecular weight is 309 g/mol. The molecule has 0 aliphatic heterocycles. The number of hydrogen-bond acceptors (Lipinski definition) is 4. The first-order valence-electron chi connectivity index (χ1n) is 7.59. The van der Waals surface area contributed by atoms with Gasteiger partial charge in [-0.3, -0.25) is 9.78 Å². The van der Waals surface area contributed by atoms with E-state index in [4.69, 9.17) is 10.00 Å². The van der Waals surface area contributed by atoms with Crippen molar-refractivity contribution >= 4 is 11.6 Å². The van der Waals surface area contributed by atoms with Gasteiger partial charge in [-0.25, -0.2) is 0 Å². The molecule has 1 aromatic carbocycles. The second-order valence-corrected chi connectivity index (χ2v) is 4.98. The molecule has 0 atom stereocenters. The van der Waals surface area contributed by atoms with Gasteiger partial charge in [0.2, 0.25) is 5.91 Å². The second-order valence-electron chi connectivity index (χ2n) is 4.98. The number of benzene rings is 1. The Hall–Kier alpha value is -2.87. The summed E-state index contributed by atoms with van der Waals surface area (Å²) in [6.45, 7) is 2.37. The zero-order valence-corrected chi connectivity index (χ0v) is 13.1. The molecule has 0 radical (unpaired) electrons. The van der Waals surface area contributed by atoms with E-state index in [1.807, 2.05) is 25.1 Å². The number of carbonyl (C=O) groups excluding carboxylic acids is 1. The first-order chi connectivity index (χ1) is 11.2. The lowest BCUT2D eigenvalue weighted by atomic mass is 10.1. The highest BCUT2D eigenvalue weighted by Gasteiger charge is 2.09. The summed E-state index contributed by atoms with van der Waals surface area (Å²) in [7, 11) is 0. The van der Waals surface area contributed by atoms with Crippen LogP contribution >= 0.6 is 0 Å². The normalized spacial score (nSPS) is 9.91. The molecule has 1 aromatic heterocycles. The fourth-order valence-electron chi connectivity index (χ4n) is 2.17. The van der Waals surface area contributed by atoms with Crippen molar-refractivity contribution in [3.05, 3.63) is 53.9 Å². The highest BCUT2D eigenvalue weighted by Crippen LogP contribution is 2.26. The van der Waals surface area contributed by atoms with Crippen molar-refractivity contribution in [2.45, 2.75) is 26.2 Å². The molecular formula is C18H19N3O2. The summed E-state index contributed by atoms with van der Waals surface area (Å²) in [5.41, 5.74) is 1.99. The molecule has 5 heteroatoms. The quantitative estimate of drug-likeness (QED) is 0.851. The van der Waals surface area contributed by atoms with E-state index in [1.165, 1.54) is 0 Å². The topological polar surface area (TPSA) is 75.0 Å². The minimum absolute atomic E-state index is 0.100. The van der Waals surface area contributed by atoms with Gasteiger partial charge in [-0.05, 0) is 50.1 Å². The fourth-order valence-corrected chi connectivity index (χ4v) is 2.17. The van der Waals surface area contributed by atoms with Crippen LogP contribution in [0.4, 0.5) is 5.69 Å². The SMILES string of the molecule is CCOc1ccc(C#N)cc1NC(=O)CCCc1ccccn1. The molecule has 118 valence electrons. The first kappa shape index (κ1) is 16.5. The van der Waals surface area contributed by atoms with Crippen LogP contribution in [0.5, 0.6) is 5.75 Å². The smallest absolute Gasteiger partial charge is 0.224 e. The van der Waals surface area contributed by atoms with E-state index in [9.17, 15) is 4.79 Å². The molecule has 1 heterocycles. The predicted molar refractivity (Wildman–Crippen MR) is 88.1 cm³/mol. The van der Waals surface area contributed by atoms with Crippen molar-refractivity contribution in [2.75, 3.05) is 11.9 Å².